The molecule has 11 heteroatoms. The first kappa shape index (κ1) is 40.3. The fourth-order valence-electron chi connectivity index (χ4n) is 5.21. The third-order valence-corrected chi connectivity index (χ3v) is 8.09. The average molecular weight is 673 g/mol. The van der Waals surface area contributed by atoms with Crippen LogP contribution >= 0.6 is 0 Å². The molecular formula is C37H54F2N4O5. The minimum Gasteiger partial charge on any atom is -0.381 e. The van der Waals surface area contributed by atoms with E-state index in [0.717, 1.165) is 55.9 Å². The number of amides is 4. The third-order valence-electron chi connectivity index (χ3n) is 8.09. The van der Waals surface area contributed by atoms with E-state index in [0.29, 0.717) is 12.8 Å². The van der Waals surface area contributed by atoms with E-state index in [9.17, 15) is 33.1 Å². The van der Waals surface area contributed by atoms with Crippen LogP contribution in [0.15, 0.2) is 48.5 Å². The molecule has 0 bridgehead atoms. The van der Waals surface area contributed by atoms with Gasteiger partial charge in [0, 0.05) is 38.4 Å². The molecule has 0 fully saturated rings. The van der Waals surface area contributed by atoms with E-state index in [1.807, 2.05) is 58.0 Å². The normalized spacial score (nSPS) is 13.2. The molecule has 0 saturated carbocycles. The highest BCUT2D eigenvalue weighted by Crippen LogP contribution is 2.16. The molecule has 0 aliphatic rings. The van der Waals surface area contributed by atoms with Crippen molar-refractivity contribution in [3.8, 4) is 0 Å². The monoisotopic (exact) mass is 672 g/mol. The highest BCUT2D eigenvalue weighted by molar-refractivity contribution is 5.83. The maximum absolute atomic E-state index is 14.4. The summed E-state index contributed by atoms with van der Waals surface area (Å²) in [5, 5.41) is 22.2. The predicted molar refractivity (Wildman–Crippen MR) is 183 cm³/mol. The van der Waals surface area contributed by atoms with Gasteiger partial charge >= 0.3 is 0 Å². The number of nitrogens with one attached hydrogen (secondary N) is 4. The molecule has 0 aliphatic carbocycles. The van der Waals surface area contributed by atoms with Crippen molar-refractivity contribution >= 4 is 23.6 Å². The van der Waals surface area contributed by atoms with Crippen LogP contribution in [-0.2, 0) is 32.0 Å². The number of unbranched alkanes of at least 4 members (excludes halogenated alkanes) is 4. The van der Waals surface area contributed by atoms with Crippen LogP contribution in [-0.4, -0.2) is 60.0 Å². The summed E-state index contributed by atoms with van der Waals surface area (Å²) in [6.45, 7) is 7.97. The Balaban J connectivity index is 1.98. The molecule has 9 nitrogen and oxygen atoms in total. The summed E-state index contributed by atoms with van der Waals surface area (Å²) in [5.41, 5.74) is 0.282. The van der Waals surface area contributed by atoms with Gasteiger partial charge in [0.15, 0.2) is 6.10 Å². The fourth-order valence-corrected chi connectivity index (χ4v) is 5.21. The lowest BCUT2D eigenvalue weighted by Crippen LogP contribution is -2.53. The van der Waals surface area contributed by atoms with Gasteiger partial charge in [0.2, 0.25) is 17.7 Å². The van der Waals surface area contributed by atoms with Crippen molar-refractivity contribution in [1.82, 2.24) is 21.3 Å². The highest BCUT2D eigenvalue weighted by atomic mass is 19.1. The van der Waals surface area contributed by atoms with Crippen LogP contribution in [0.25, 0.3) is 0 Å². The lowest BCUT2D eigenvalue weighted by Gasteiger charge is -2.28. The third kappa shape index (κ3) is 15.8. The Bertz CT molecular complexity index is 1310. The maximum Gasteiger partial charge on any atom is 0.251 e. The van der Waals surface area contributed by atoms with Crippen LogP contribution in [0.1, 0.15) is 96.6 Å². The van der Waals surface area contributed by atoms with Crippen molar-refractivity contribution in [2.45, 2.75) is 117 Å². The molecule has 48 heavy (non-hydrogen) atoms. The van der Waals surface area contributed by atoms with E-state index in [1.165, 1.54) is 0 Å². The molecule has 2 aromatic carbocycles. The quantitative estimate of drug-likeness (QED) is 0.114. The number of aliphatic hydroxyl groups excluding tert-OH is 1. The molecule has 3 unspecified atom stereocenters. The number of rotatable bonds is 22. The smallest absolute Gasteiger partial charge is 0.251 e. The zero-order chi connectivity index (χ0) is 35.5. The summed E-state index contributed by atoms with van der Waals surface area (Å²) < 4.78 is 28.2. The van der Waals surface area contributed by atoms with Crippen molar-refractivity contribution in [3.63, 3.8) is 0 Å². The number of aliphatic hydroxyl groups is 1. The predicted octanol–water partition coefficient (Wildman–Crippen LogP) is 4.89. The number of hydrogen-bond acceptors (Lipinski definition) is 5. The Morgan fingerprint density at radius 1 is 0.771 bits per heavy atom. The summed E-state index contributed by atoms with van der Waals surface area (Å²) in [6, 6.07) is 10.8. The van der Waals surface area contributed by atoms with Gasteiger partial charge in [0.1, 0.15) is 11.6 Å². The Hall–Kier alpha value is -3.86. The maximum atomic E-state index is 14.4. The largest absolute Gasteiger partial charge is 0.381 e. The molecule has 5 N–H and O–H groups in total. The Labute approximate surface area is 284 Å². The summed E-state index contributed by atoms with van der Waals surface area (Å²) >= 11 is 0. The zero-order valence-electron chi connectivity index (χ0n) is 28.9. The van der Waals surface area contributed by atoms with Gasteiger partial charge in [-0.2, -0.15) is 0 Å². The fraction of sp³-hybridized carbons (Fsp3) is 0.568. The first-order valence-corrected chi connectivity index (χ1v) is 17.1. The molecule has 2 aromatic rings. The van der Waals surface area contributed by atoms with E-state index in [4.69, 9.17) is 0 Å². The Kier molecular flexibility index (Phi) is 17.8. The van der Waals surface area contributed by atoms with E-state index >= 15 is 0 Å². The summed E-state index contributed by atoms with van der Waals surface area (Å²) in [5.74, 6) is -2.77. The Morgan fingerprint density at radius 3 is 2.00 bits per heavy atom. The van der Waals surface area contributed by atoms with Gasteiger partial charge in [-0.3, -0.25) is 19.2 Å². The number of hydrogen-bond donors (Lipinski definition) is 5. The van der Waals surface area contributed by atoms with Crippen molar-refractivity contribution < 1.29 is 33.1 Å². The molecule has 0 heterocycles. The molecule has 0 aromatic heterocycles. The topological polar surface area (TPSA) is 137 Å². The molecule has 4 amide bonds. The van der Waals surface area contributed by atoms with Gasteiger partial charge in [-0.05, 0) is 60.4 Å². The second kappa shape index (κ2) is 21.2. The first-order chi connectivity index (χ1) is 22.8. The number of carbonyl (C=O) groups excluding carboxylic acids is 4. The summed E-state index contributed by atoms with van der Waals surface area (Å²) in [6.07, 6.45) is 4.21. The van der Waals surface area contributed by atoms with Crippen LogP contribution < -0.4 is 21.3 Å². The SMILES string of the molecule is CCCCCC(=O)NC(CC(=O)NCC(C)(C)CNC(=O)C(O)C(Cc1ccccc1)NC(=O)CCCCC)Cc1cc(F)ccc1F. The number of carbonyl (C=O) groups is 4. The minimum atomic E-state index is -1.50. The van der Waals surface area contributed by atoms with Crippen molar-refractivity contribution in [1.29, 1.82) is 0 Å². The van der Waals surface area contributed by atoms with E-state index in [2.05, 4.69) is 21.3 Å². The van der Waals surface area contributed by atoms with Crippen LogP contribution in [0.5, 0.6) is 0 Å². The molecule has 0 saturated heterocycles. The van der Waals surface area contributed by atoms with Crippen LogP contribution in [0.3, 0.4) is 0 Å². The van der Waals surface area contributed by atoms with Crippen LogP contribution in [0, 0.1) is 17.0 Å². The molecule has 0 radical (unpaired) electrons. The molecule has 0 aliphatic heterocycles. The average Bonchev–Trinajstić information content (AvgIpc) is 3.04. The van der Waals surface area contributed by atoms with Gasteiger partial charge in [0.05, 0.1) is 6.04 Å². The number of benzene rings is 2. The molecule has 2 rings (SSSR count). The van der Waals surface area contributed by atoms with Crippen LogP contribution in [0.2, 0.25) is 0 Å². The first-order valence-electron chi connectivity index (χ1n) is 17.1. The van der Waals surface area contributed by atoms with Gasteiger partial charge in [-0.25, -0.2) is 8.78 Å². The lowest BCUT2D eigenvalue weighted by atomic mass is 9.92. The molecule has 3 atom stereocenters. The standard InChI is InChI=1S/C37H54F2N4O5/c1-5-7-10-16-32(44)42-29(22-27-21-28(38)18-19-30(27)39)23-34(46)40-24-37(3,4)25-41-36(48)35(47)31(20-26-14-12-9-13-15-26)43-33(45)17-11-8-6-2/h9,12-15,18-19,21,29,31,35,47H,5-8,10-11,16-17,20,22-25H2,1-4H3,(H,40,46)(H,41,48)(H,42,44)(H,43,45). The zero-order valence-corrected chi connectivity index (χ0v) is 28.9. The van der Waals surface area contributed by atoms with Gasteiger partial charge in [-0.15, -0.1) is 0 Å². The summed E-state index contributed by atoms with van der Waals surface area (Å²) in [7, 11) is 0. The molecule has 0 spiro atoms. The van der Waals surface area contributed by atoms with Gasteiger partial charge < -0.3 is 26.4 Å². The second-order valence-electron chi connectivity index (χ2n) is 13.3. The highest BCUT2D eigenvalue weighted by Gasteiger charge is 2.30. The summed E-state index contributed by atoms with van der Waals surface area (Å²) in [4.78, 5) is 51.2. The minimum absolute atomic E-state index is 0.0611. The van der Waals surface area contributed by atoms with Crippen molar-refractivity contribution in [2.75, 3.05) is 13.1 Å². The van der Waals surface area contributed by atoms with E-state index < -0.39 is 47.1 Å². The van der Waals surface area contributed by atoms with Crippen molar-refractivity contribution in [3.05, 3.63) is 71.3 Å². The number of halogens is 2. The van der Waals surface area contributed by atoms with Gasteiger partial charge in [-0.1, -0.05) is 83.7 Å². The lowest BCUT2D eigenvalue weighted by molar-refractivity contribution is -0.132. The van der Waals surface area contributed by atoms with Crippen LogP contribution in [0.4, 0.5) is 8.78 Å². The Morgan fingerprint density at radius 2 is 1.38 bits per heavy atom. The van der Waals surface area contributed by atoms with Gasteiger partial charge in [0.25, 0.3) is 5.91 Å². The molecular weight excluding hydrogens is 618 g/mol. The molecule has 266 valence electrons. The van der Waals surface area contributed by atoms with Crippen molar-refractivity contribution in [2.24, 2.45) is 5.41 Å². The van der Waals surface area contributed by atoms with E-state index in [1.54, 1.807) is 0 Å². The second-order valence-corrected chi connectivity index (χ2v) is 13.3. The van der Waals surface area contributed by atoms with E-state index in [-0.39, 0.29) is 56.2 Å².